The van der Waals surface area contributed by atoms with Crippen molar-refractivity contribution in [2.45, 2.75) is 19.9 Å². The Labute approximate surface area is 138 Å². The van der Waals surface area contributed by atoms with E-state index in [0.29, 0.717) is 30.5 Å². The summed E-state index contributed by atoms with van der Waals surface area (Å²) in [7, 11) is 1.72. The topological polar surface area (TPSA) is 49.3 Å². The lowest BCUT2D eigenvalue weighted by Crippen LogP contribution is -2.37. The van der Waals surface area contributed by atoms with Crippen LogP contribution in [0.1, 0.15) is 15.4 Å². The summed E-state index contributed by atoms with van der Waals surface area (Å²) in [5, 5.41) is 7.87. The van der Waals surface area contributed by atoms with Gasteiger partial charge in [0.1, 0.15) is 10.8 Å². The minimum absolute atomic E-state index is 0.321. The van der Waals surface area contributed by atoms with Gasteiger partial charge in [0.25, 0.3) is 0 Å². The van der Waals surface area contributed by atoms with Gasteiger partial charge in [0.2, 0.25) is 0 Å². The van der Waals surface area contributed by atoms with Crippen LogP contribution in [0.15, 0.2) is 29.4 Å². The second-order valence-corrected chi connectivity index (χ2v) is 6.43. The van der Waals surface area contributed by atoms with Crippen LogP contribution in [0.2, 0.25) is 5.02 Å². The minimum Gasteiger partial charge on any atom is -0.356 e. The van der Waals surface area contributed by atoms with E-state index in [1.807, 2.05) is 13.1 Å². The summed E-state index contributed by atoms with van der Waals surface area (Å²) in [6.07, 6.45) is 2.55. The number of nitrogens with zero attached hydrogens (tertiary/aromatic N) is 2. The van der Waals surface area contributed by atoms with Crippen molar-refractivity contribution in [3.8, 4) is 0 Å². The Kier molecular flexibility index (Phi) is 6.15. The summed E-state index contributed by atoms with van der Waals surface area (Å²) >= 11 is 7.66. The van der Waals surface area contributed by atoms with Crippen molar-refractivity contribution in [1.82, 2.24) is 15.6 Å². The molecule has 0 fully saturated rings. The smallest absolute Gasteiger partial charge is 0.191 e. The molecular formula is C15H18ClFN4S. The first-order valence-electron chi connectivity index (χ1n) is 6.88. The second-order valence-electron chi connectivity index (χ2n) is 4.70. The lowest BCUT2D eigenvalue weighted by Gasteiger charge is -2.11. The number of hydrogen-bond acceptors (Lipinski definition) is 3. The fraction of sp³-hybridized carbons (Fsp3) is 0.333. The quantitative estimate of drug-likeness (QED) is 0.649. The molecule has 0 saturated heterocycles. The van der Waals surface area contributed by atoms with Gasteiger partial charge in [-0.05, 0) is 31.0 Å². The average Bonchev–Trinajstić information content (AvgIpc) is 2.90. The molecule has 0 amide bonds. The first kappa shape index (κ1) is 16.7. The van der Waals surface area contributed by atoms with Crippen molar-refractivity contribution < 1.29 is 4.39 Å². The number of halogens is 2. The molecule has 0 bridgehead atoms. The number of rotatable bonds is 5. The fourth-order valence-electron chi connectivity index (χ4n) is 1.90. The highest BCUT2D eigenvalue weighted by atomic mass is 35.5. The molecule has 0 unspecified atom stereocenters. The number of thiazole rings is 1. The molecule has 4 nitrogen and oxygen atoms in total. The van der Waals surface area contributed by atoms with E-state index in [4.69, 9.17) is 11.6 Å². The summed E-state index contributed by atoms with van der Waals surface area (Å²) < 4.78 is 13.0. The summed E-state index contributed by atoms with van der Waals surface area (Å²) in [6, 6.07) is 4.45. The highest BCUT2D eigenvalue weighted by Gasteiger charge is 2.04. The van der Waals surface area contributed by atoms with Crippen molar-refractivity contribution in [2.75, 3.05) is 13.6 Å². The number of aromatic nitrogens is 1. The van der Waals surface area contributed by atoms with Gasteiger partial charge in [-0.15, -0.1) is 11.3 Å². The zero-order valence-electron chi connectivity index (χ0n) is 12.5. The van der Waals surface area contributed by atoms with Gasteiger partial charge in [-0.2, -0.15) is 0 Å². The first-order valence-corrected chi connectivity index (χ1v) is 8.07. The third kappa shape index (κ3) is 4.96. The Morgan fingerprint density at radius 1 is 1.41 bits per heavy atom. The monoisotopic (exact) mass is 340 g/mol. The highest BCUT2D eigenvalue weighted by molar-refractivity contribution is 7.11. The van der Waals surface area contributed by atoms with Gasteiger partial charge in [-0.25, -0.2) is 9.37 Å². The van der Waals surface area contributed by atoms with Crippen LogP contribution >= 0.6 is 22.9 Å². The standard InChI is InChI=1S/C15H18ClFN4S/c1-10-8-20-14(22-10)9-21-15(18-2)19-6-5-11-3-4-12(17)7-13(11)16/h3-4,7-8H,5-6,9H2,1-2H3,(H2,18,19,21). The number of aliphatic imine (C=N–C) groups is 1. The molecule has 0 aliphatic rings. The Morgan fingerprint density at radius 2 is 2.23 bits per heavy atom. The van der Waals surface area contributed by atoms with Gasteiger partial charge in [-0.1, -0.05) is 17.7 Å². The maximum absolute atomic E-state index is 13.0. The second kappa shape index (κ2) is 8.10. The molecule has 2 rings (SSSR count). The zero-order chi connectivity index (χ0) is 15.9. The lowest BCUT2D eigenvalue weighted by atomic mass is 10.1. The molecular weight excluding hydrogens is 323 g/mol. The van der Waals surface area contributed by atoms with Crippen molar-refractivity contribution in [2.24, 2.45) is 4.99 Å². The van der Waals surface area contributed by atoms with Crippen LogP contribution in [0.3, 0.4) is 0 Å². The molecule has 1 aromatic heterocycles. The largest absolute Gasteiger partial charge is 0.356 e. The van der Waals surface area contributed by atoms with Crippen LogP contribution in [0.5, 0.6) is 0 Å². The van der Waals surface area contributed by atoms with E-state index in [-0.39, 0.29) is 5.82 Å². The summed E-state index contributed by atoms with van der Waals surface area (Å²) in [5.74, 6) is 0.379. The van der Waals surface area contributed by atoms with E-state index < -0.39 is 0 Å². The molecule has 0 atom stereocenters. The van der Waals surface area contributed by atoms with Crippen molar-refractivity contribution >= 4 is 28.9 Å². The lowest BCUT2D eigenvalue weighted by molar-refractivity contribution is 0.627. The molecule has 7 heteroatoms. The maximum Gasteiger partial charge on any atom is 0.191 e. The number of benzene rings is 1. The van der Waals surface area contributed by atoms with Gasteiger partial charge in [0, 0.05) is 29.7 Å². The summed E-state index contributed by atoms with van der Waals surface area (Å²) in [5.41, 5.74) is 0.904. The van der Waals surface area contributed by atoms with Crippen LogP contribution in [-0.2, 0) is 13.0 Å². The number of aryl methyl sites for hydroxylation is 1. The predicted molar refractivity (Wildman–Crippen MR) is 90.2 cm³/mol. The Hall–Kier alpha value is -1.66. The van der Waals surface area contributed by atoms with Gasteiger partial charge in [-0.3, -0.25) is 4.99 Å². The minimum atomic E-state index is -0.321. The number of hydrogen-bond donors (Lipinski definition) is 2. The first-order chi connectivity index (χ1) is 10.6. The Bertz CT molecular complexity index is 657. The molecule has 1 heterocycles. The molecule has 22 heavy (non-hydrogen) atoms. The summed E-state index contributed by atoms with van der Waals surface area (Å²) in [4.78, 5) is 9.63. The molecule has 0 saturated carbocycles. The van der Waals surface area contributed by atoms with E-state index in [2.05, 4.69) is 20.6 Å². The van der Waals surface area contributed by atoms with Gasteiger partial charge in [0.05, 0.1) is 6.54 Å². The van der Waals surface area contributed by atoms with Crippen LogP contribution < -0.4 is 10.6 Å². The number of guanidine groups is 1. The van der Waals surface area contributed by atoms with Crippen molar-refractivity contribution in [1.29, 1.82) is 0 Å². The normalized spacial score (nSPS) is 11.5. The van der Waals surface area contributed by atoms with E-state index in [1.165, 1.54) is 17.0 Å². The fourth-order valence-corrected chi connectivity index (χ4v) is 2.89. The average molecular weight is 341 g/mol. The Morgan fingerprint density at radius 3 is 2.86 bits per heavy atom. The maximum atomic E-state index is 13.0. The summed E-state index contributed by atoms with van der Waals surface area (Å²) in [6.45, 7) is 3.32. The van der Waals surface area contributed by atoms with E-state index >= 15 is 0 Å². The van der Waals surface area contributed by atoms with Crippen molar-refractivity contribution in [3.05, 3.63) is 50.7 Å². The SMILES string of the molecule is CN=C(NCCc1ccc(F)cc1Cl)NCc1ncc(C)s1. The van der Waals surface area contributed by atoms with Crippen LogP contribution in [0, 0.1) is 12.7 Å². The zero-order valence-corrected chi connectivity index (χ0v) is 14.1. The van der Waals surface area contributed by atoms with Gasteiger partial charge in [0.15, 0.2) is 5.96 Å². The molecule has 0 aliphatic carbocycles. The van der Waals surface area contributed by atoms with E-state index in [0.717, 1.165) is 10.6 Å². The predicted octanol–water partition coefficient (Wildman–Crippen LogP) is 3.15. The molecule has 0 spiro atoms. The molecule has 0 aliphatic heterocycles. The molecule has 118 valence electrons. The Balaban J connectivity index is 1.79. The highest BCUT2D eigenvalue weighted by Crippen LogP contribution is 2.17. The molecule has 1 aromatic carbocycles. The van der Waals surface area contributed by atoms with E-state index in [1.54, 1.807) is 24.5 Å². The number of nitrogens with one attached hydrogen (secondary N) is 2. The third-order valence-electron chi connectivity index (χ3n) is 3.00. The molecule has 0 radical (unpaired) electrons. The van der Waals surface area contributed by atoms with Gasteiger partial charge >= 0.3 is 0 Å². The van der Waals surface area contributed by atoms with E-state index in [9.17, 15) is 4.39 Å². The molecule has 2 aromatic rings. The molecule has 2 N–H and O–H groups in total. The van der Waals surface area contributed by atoms with Crippen LogP contribution in [0.4, 0.5) is 4.39 Å². The van der Waals surface area contributed by atoms with Crippen LogP contribution in [0.25, 0.3) is 0 Å². The third-order valence-corrected chi connectivity index (χ3v) is 4.27. The van der Waals surface area contributed by atoms with Crippen molar-refractivity contribution in [3.63, 3.8) is 0 Å². The van der Waals surface area contributed by atoms with Gasteiger partial charge < -0.3 is 10.6 Å². The van der Waals surface area contributed by atoms with Crippen LogP contribution in [-0.4, -0.2) is 24.5 Å².